The lowest BCUT2D eigenvalue weighted by atomic mass is 9.97. The van der Waals surface area contributed by atoms with Gasteiger partial charge in [0.05, 0.1) is 24.9 Å². The van der Waals surface area contributed by atoms with E-state index in [4.69, 9.17) is 4.74 Å². The lowest BCUT2D eigenvalue weighted by molar-refractivity contribution is -0.117. The highest BCUT2D eigenvalue weighted by Crippen LogP contribution is 2.39. The van der Waals surface area contributed by atoms with Gasteiger partial charge >= 0.3 is 0 Å². The molecule has 30 heavy (non-hydrogen) atoms. The van der Waals surface area contributed by atoms with Crippen LogP contribution < -0.4 is 10.1 Å². The summed E-state index contributed by atoms with van der Waals surface area (Å²) in [6.07, 6.45) is 4.29. The summed E-state index contributed by atoms with van der Waals surface area (Å²) in [5.41, 5.74) is 3.00. The third-order valence-electron chi connectivity index (χ3n) is 5.37. The molecular weight excluding hydrogens is 392 g/mol. The minimum absolute atomic E-state index is 0.159. The number of carbonyl (C=O) groups excluding carboxylic acids is 1. The number of ether oxygens (including phenoxy) is 1. The van der Waals surface area contributed by atoms with Crippen molar-refractivity contribution in [1.29, 1.82) is 0 Å². The lowest BCUT2D eigenvalue weighted by Gasteiger charge is -2.14. The molecule has 0 saturated heterocycles. The molecular formula is C21H19F2N5O2. The van der Waals surface area contributed by atoms with E-state index in [-0.39, 0.29) is 18.1 Å². The molecule has 1 aromatic carbocycles. The molecule has 0 radical (unpaired) electrons. The average Bonchev–Trinajstić information content (AvgIpc) is 3.11. The SMILES string of the molecule is CCOc1c(F)c(C)c(-c2ccc3nc(NC(=O)C4CC4F)cn3c2)c2cn[nH]c12. The highest BCUT2D eigenvalue weighted by atomic mass is 19.1. The summed E-state index contributed by atoms with van der Waals surface area (Å²) < 4.78 is 35.4. The topological polar surface area (TPSA) is 84.3 Å². The smallest absolute Gasteiger partial charge is 0.231 e. The number of H-pyrrole nitrogens is 1. The summed E-state index contributed by atoms with van der Waals surface area (Å²) in [5.74, 6) is -0.886. The van der Waals surface area contributed by atoms with Crippen molar-refractivity contribution in [3.63, 3.8) is 0 Å². The number of hydrogen-bond acceptors (Lipinski definition) is 4. The van der Waals surface area contributed by atoms with Gasteiger partial charge in [0.2, 0.25) is 5.91 Å². The number of aromatic amines is 1. The molecule has 1 saturated carbocycles. The fourth-order valence-corrected chi connectivity index (χ4v) is 3.75. The van der Waals surface area contributed by atoms with Gasteiger partial charge in [-0.1, -0.05) is 0 Å². The Bertz CT molecular complexity index is 1300. The number of benzene rings is 1. The zero-order valence-electron chi connectivity index (χ0n) is 16.4. The van der Waals surface area contributed by atoms with Crippen LogP contribution in [-0.4, -0.2) is 38.3 Å². The molecule has 0 spiro atoms. The normalized spacial score (nSPS) is 18.1. The van der Waals surface area contributed by atoms with Gasteiger partial charge in [-0.05, 0) is 43.5 Å². The van der Waals surface area contributed by atoms with Gasteiger partial charge in [0.25, 0.3) is 0 Å². The van der Waals surface area contributed by atoms with Crippen molar-refractivity contribution >= 4 is 28.3 Å². The predicted octanol–water partition coefficient (Wildman–Crippen LogP) is 4.02. The minimum Gasteiger partial charge on any atom is -0.489 e. The number of aromatic nitrogens is 4. The Morgan fingerprint density at radius 1 is 1.40 bits per heavy atom. The molecule has 5 rings (SSSR count). The first kappa shape index (κ1) is 18.5. The number of carbonyl (C=O) groups is 1. The van der Waals surface area contributed by atoms with Crippen LogP contribution in [0.4, 0.5) is 14.6 Å². The maximum Gasteiger partial charge on any atom is 0.231 e. The first-order valence-electron chi connectivity index (χ1n) is 9.70. The van der Waals surface area contributed by atoms with Gasteiger partial charge in [-0.15, -0.1) is 0 Å². The number of halogens is 2. The Balaban J connectivity index is 1.57. The third-order valence-corrected chi connectivity index (χ3v) is 5.37. The van der Waals surface area contributed by atoms with Crippen LogP contribution in [0.15, 0.2) is 30.7 Å². The molecule has 1 amide bonds. The first-order valence-corrected chi connectivity index (χ1v) is 9.70. The first-order chi connectivity index (χ1) is 14.5. The Labute approximate surface area is 170 Å². The summed E-state index contributed by atoms with van der Waals surface area (Å²) >= 11 is 0. The van der Waals surface area contributed by atoms with E-state index in [9.17, 15) is 9.18 Å². The highest BCUT2D eigenvalue weighted by Gasteiger charge is 2.43. The molecule has 0 aliphatic heterocycles. The number of nitrogens with zero attached hydrogens (tertiary/aromatic N) is 3. The van der Waals surface area contributed by atoms with E-state index in [0.29, 0.717) is 34.7 Å². The molecule has 0 bridgehead atoms. The van der Waals surface area contributed by atoms with E-state index >= 15 is 4.39 Å². The number of hydrogen-bond donors (Lipinski definition) is 2. The second-order valence-corrected chi connectivity index (χ2v) is 7.39. The van der Waals surface area contributed by atoms with Crippen LogP contribution >= 0.6 is 0 Å². The fraction of sp³-hybridized carbons (Fsp3) is 0.286. The molecule has 3 heterocycles. The molecule has 1 fully saturated rings. The van der Waals surface area contributed by atoms with E-state index in [1.807, 2.05) is 12.3 Å². The summed E-state index contributed by atoms with van der Waals surface area (Å²) in [6.45, 7) is 3.83. The number of imidazole rings is 1. The van der Waals surface area contributed by atoms with E-state index < -0.39 is 17.9 Å². The molecule has 4 aromatic rings. The van der Waals surface area contributed by atoms with Crippen molar-refractivity contribution in [3.8, 4) is 16.9 Å². The standard InChI is InChI=1S/C21H19F2N5O2/c1-3-30-20-18(23)10(2)17(13-7-24-27-19(13)20)11-4-5-16-25-15(9-28(16)8-11)26-21(29)12-6-14(12)22/h4-5,7-9,12,14H,3,6H2,1-2H3,(H,24,27)(H,26,29). The van der Waals surface area contributed by atoms with Gasteiger partial charge in [-0.3, -0.25) is 9.89 Å². The summed E-state index contributed by atoms with van der Waals surface area (Å²) in [6, 6.07) is 3.61. The number of pyridine rings is 1. The Morgan fingerprint density at radius 3 is 2.93 bits per heavy atom. The van der Waals surface area contributed by atoms with E-state index in [0.717, 1.165) is 10.9 Å². The zero-order valence-corrected chi connectivity index (χ0v) is 16.4. The number of fused-ring (bicyclic) bond motifs is 2. The van der Waals surface area contributed by atoms with Gasteiger partial charge in [-0.25, -0.2) is 13.8 Å². The van der Waals surface area contributed by atoms with Crippen LogP contribution in [0.5, 0.6) is 5.75 Å². The van der Waals surface area contributed by atoms with Crippen LogP contribution in [0.1, 0.15) is 18.9 Å². The van der Waals surface area contributed by atoms with E-state index in [1.54, 1.807) is 36.7 Å². The molecule has 1 aliphatic rings. The number of rotatable bonds is 5. The van der Waals surface area contributed by atoms with Crippen LogP contribution in [0.25, 0.3) is 27.7 Å². The van der Waals surface area contributed by atoms with Crippen LogP contribution in [-0.2, 0) is 4.79 Å². The molecule has 7 nitrogen and oxygen atoms in total. The second kappa shape index (κ2) is 6.79. The summed E-state index contributed by atoms with van der Waals surface area (Å²) in [5, 5.41) is 10.3. The number of alkyl halides is 1. The molecule has 1 aliphatic carbocycles. The van der Waals surface area contributed by atoms with Gasteiger partial charge in [-0.2, -0.15) is 5.10 Å². The predicted molar refractivity (Wildman–Crippen MR) is 108 cm³/mol. The molecule has 9 heteroatoms. The quantitative estimate of drug-likeness (QED) is 0.520. The summed E-state index contributed by atoms with van der Waals surface area (Å²) in [7, 11) is 0. The third kappa shape index (κ3) is 2.89. The average molecular weight is 411 g/mol. The maximum absolute atomic E-state index is 15.0. The van der Waals surface area contributed by atoms with Crippen molar-refractivity contribution in [1.82, 2.24) is 19.6 Å². The number of nitrogens with one attached hydrogen (secondary N) is 2. The summed E-state index contributed by atoms with van der Waals surface area (Å²) in [4.78, 5) is 16.3. The van der Waals surface area contributed by atoms with Crippen LogP contribution in [0.3, 0.4) is 0 Å². The van der Waals surface area contributed by atoms with Gasteiger partial charge in [0, 0.05) is 17.1 Å². The van der Waals surface area contributed by atoms with Crippen molar-refractivity contribution in [2.75, 3.05) is 11.9 Å². The lowest BCUT2D eigenvalue weighted by Crippen LogP contribution is -2.15. The van der Waals surface area contributed by atoms with Gasteiger partial charge in [0.15, 0.2) is 17.4 Å². The molecule has 154 valence electrons. The van der Waals surface area contributed by atoms with Crippen LogP contribution in [0.2, 0.25) is 0 Å². The minimum atomic E-state index is -1.07. The molecule has 2 atom stereocenters. The highest BCUT2D eigenvalue weighted by molar-refractivity contribution is 5.99. The van der Waals surface area contributed by atoms with Crippen LogP contribution in [0, 0.1) is 18.7 Å². The Hall–Kier alpha value is -3.49. The van der Waals surface area contributed by atoms with E-state index in [1.165, 1.54) is 0 Å². The van der Waals surface area contributed by atoms with Crippen molar-refractivity contribution < 1.29 is 18.3 Å². The molecule has 3 aromatic heterocycles. The largest absolute Gasteiger partial charge is 0.489 e. The van der Waals surface area contributed by atoms with Gasteiger partial charge < -0.3 is 14.5 Å². The Kier molecular flexibility index (Phi) is 4.19. The van der Waals surface area contributed by atoms with Crippen molar-refractivity contribution in [2.24, 2.45) is 5.92 Å². The monoisotopic (exact) mass is 411 g/mol. The van der Waals surface area contributed by atoms with Crippen molar-refractivity contribution in [2.45, 2.75) is 26.4 Å². The van der Waals surface area contributed by atoms with Gasteiger partial charge in [0.1, 0.15) is 17.3 Å². The molecule has 2 N–H and O–H groups in total. The second-order valence-electron chi connectivity index (χ2n) is 7.39. The zero-order chi connectivity index (χ0) is 21.0. The fourth-order valence-electron chi connectivity index (χ4n) is 3.75. The molecule has 2 unspecified atom stereocenters. The number of anilines is 1. The Morgan fingerprint density at radius 2 is 2.20 bits per heavy atom. The maximum atomic E-state index is 15.0. The van der Waals surface area contributed by atoms with Crippen molar-refractivity contribution in [3.05, 3.63) is 42.1 Å². The van der Waals surface area contributed by atoms with E-state index in [2.05, 4.69) is 20.5 Å². The number of amides is 1.